The van der Waals surface area contributed by atoms with Gasteiger partial charge in [0.2, 0.25) is 0 Å². The van der Waals surface area contributed by atoms with Gasteiger partial charge < -0.3 is 15.0 Å². The summed E-state index contributed by atoms with van der Waals surface area (Å²) in [5.74, 6) is 0.765. The second-order valence-electron chi connectivity index (χ2n) is 6.49. The van der Waals surface area contributed by atoms with E-state index in [-0.39, 0.29) is 0 Å². The van der Waals surface area contributed by atoms with Crippen molar-refractivity contribution in [3.05, 3.63) is 0 Å². The third-order valence-electron chi connectivity index (χ3n) is 4.65. The number of rotatable bonds is 4. The van der Waals surface area contributed by atoms with Crippen molar-refractivity contribution >= 4 is 0 Å². The molecule has 112 valence electrons. The SMILES string of the molecule is CCC1CCN(CCC2CCCCO2)CC(C)CN1. The van der Waals surface area contributed by atoms with Crippen molar-refractivity contribution in [1.82, 2.24) is 10.2 Å². The molecule has 0 aliphatic carbocycles. The molecule has 19 heavy (non-hydrogen) atoms. The number of nitrogens with one attached hydrogen (secondary N) is 1. The van der Waals surface area contributed by atoms with Crippen LogP contribution in [0.2, 0.25) is 0 Å². The molecule has 0 radical (unpaired) electrons. The quantitative estimate of drug-likeness (QED) is 0.848. The Labute approximate surface area is 119 Å². The Kier molecular flexibility index (Phi) is 6.62. The molecule has 3 atom stereocenters. The van der Waals surface area contributed by atoms with E-state index >= 15 is 0 Å². The lowest BCUT2D eigenvalue weighted by atomic mass is 10.0. The van der Waals surface area contributed by atoms with E-state index in [0.29, 0.717) is 6.10 Å². The first-order chi connectivity index (χ1) is 9.28. The minimum atomic E-state index is 0.537. The van der Waals surface area contributed by atoms with E-state index in [9.17, 15) is 0 Å². The summed E-state index contributed by atoms with van der Waals surface area (Å²) in [5.41, 5.74) is 0. The third-order valence-corrected chi connectivity index (χ3v) is 4.65. The molecule has 2 heterocycles. The monoisotopic (exact) mass is 268 g/mol. The third kappa shape index (κ3) is 5.41. The fourth-order valence-electron chi connectivity index (χ4n) is 3.32. The van der Waals surface area contributed by atoms with E-state index < -0.39 is 0 Å². The smallest absolute Gasteiger partial charge is 0.0587 e. The van der Waals surface area contributed by atoms with Crippen LogP contribution in [0.3, 0.4) is 0 Å². The summed E-state index contributed by atoms with van der Waals surface area (Å²) in [6, 6.07) is 0.719. The molecule has 0 saturated carbocycles. The summed E-state index contributed by atoms with van der Waals surface area (Å²) < 4.78 is 5.86. The predicted molar refractivity (Wildman–Crippen MR) is 80.5 cm³/mol. The summed E-state index contributed by atoms with van der Waals surface area (Å²) in [7, 11) is 0. The molecule has 2 fully saturated rings. The highest BCUT2D eigenvalue weighted by Crippen LogP contribution is 2.17. The maximum absolute atomic E-state index is 5.86. The number of hydrogen-bond donors (Lipinski definition) is 1. The van der Waals surface area contributed by atoms with Gasteiger partial charge in [-0.1, -0.05) is 13.8 Å². The van der Waals surface area contributed by atoms with Crippen LogP contribution in [0, 0.1) is 5.92 Å². The topological polar surface area (TPSA) is 24.5 Å². The normalized spacial score (nSPS) is 34.7. The standard InChI is InChI=1S/C16H32N2O/c1-3-15-7-9-18(13-14(2)12-17-15)10-8-16-6-4-5-11-19-16/h14-17H,3-13H2,1-2H3. The summed E-state index contributed by atoms with van der Waals surface area (Å²) in [6.45, 7) is 10.6. The fourth-order valence-corrected chi connectivity index (χ4v) is 3.32. The number of ether oxygens (including phenoxy) is 1. The van der Waals surface area contributed by atoms with Crippen LogP contribution in [0.4, 0.5) is 0 Å². The van der Waals surface area contributed by atoms with Crippen molar-refractivity contribution in [3.63, 3.8) is 0 Å². The number of hydrogen-bond acceptors (Lipinski definition) is 3. The van der Waals surface area contributed by atoms with Gasteiger partial charge >= 0.3 is 0 Å². The van der Waals surface area contributed by atoms with Gasteiger partial charge in [-0.15, -0.1) is 0 Å². The first-order valence-corrected chi connectivity index (χ1v) is 8.35. The Morgan fingerprint density at radius 2 is 2.16 bits per heavy atom. The molecule has 0 aromatic carbocycles. The Bertz CT molecular complexity index is 241. The van der Waals surface area contributed by atoms with Crippen molar-refractivity contribution < 1.29 is 4.74 Å². The van der Waals surface area contributed by atoms with E-state index in [0.717, 1.165) is 18.6 Å². The molecule has 0 aromatic heterocycles. The van der Waals surface area contributed by atoms with E-state index in [1.54, 1.807) is 0 Å². The van der Waals surface area contributed by atoms with Crippen LogP contribution < -0.4 is 5.32 Å². The molecule has 2 saturated heterocycles. The van der Waals surface area contributed by atoms with Crippen LogP contribution in [0.5, 0.6) is 0 Å². The summed E-state index contributed by atoms with van der Waals surface area (Å²) >= 11 is 0. The maximum atomic E-state index is 5.86. The summed E-state index contributed by atoms with van der Waals surface area (Å²) in [4.78, 5) is 2.67. The van der Waals surface area contributed by atoms with Gasteiger partial charge in [0.05, 0.1) is 6.10 Å². The summed E-state index contributed by atoms with van der Waals surface area (Å²) in [6.07, 6.45) is 8.24. The zero-order valence-corrected chi connectivity index (χ0v) is 12.9. The van der Waals surface area contributed by atoms with Crippen LogP contribution in [0.15, 0.2) is 0 Å². The van der Waals surface area contributed by atoms with Gasteiger partial charge in [0, 0.05) is 25.7 Å². The molecule has 2 rings (SSSR count). The predicted octanol–water partition coefficient (Wildman–Crippen LogP) is 2.66. The minimum Gasteiger partial charge on any atom is -0.378 e. The average Bonchev–Trinajstić information content (AvgIpc) is 2.43. The second kappa shape index (κ2) is 8.23. The fraction of sp³-hybridized carbons (Fsp3) is 1.00. The van der Waals surface area contributed by atoms with Crippen LogP contribution in [0.25, 0.3) is 0 Å². The van der Waals surface area contributed by atoms with Gasteiger partial charge in [-0.2, -0.15) is 0 Å². The lowest BCUT2D eigenvalue weighted by Gasteiger charge is -2.33. The molecule has 2 aliphatic rings. The Hall–Kier alpha value is -0.120. The van der Waals surface area contributed by atoms with Gasteiger partial charge in [0.15, 0.2) is 0 Å². The van der Waals surface area contributed by atoms with Crippen molar-refractivity contribution in [2.24, 2.45) is 5.92 Å². The molecular weight excluding hydrogens is 236 g/mol. The molecule has 0 amide bonds. The second-order valence-corrected chi connectivity index (χ2v) is 6.49. The zero-order chi connectivity index (χ0) is 13.5. The van der Waals surface area contributed by atoms with Crippen molar-refractivity contribution in [2.75, 3.05) is 32.8 Å². The highest BCUT2D eigenvalue weighted by Gasteiger charge is 2.20. The average molecular weight is 268 g/mol. The van der Waals surface area contributed by atoms with Crippen molar-refractivity contribution in [3.8, 4) is 0 Å². The van der Waals surface area contributed by atoms with Gasteiger partial charge in [-0.25, -0.2) is 0 Å². The molecule has 3 nitrogen and oxygen atoms in total. The van der Waals surface area contributed by atoms with Crippen LogP contribution in [-0.4, -0.2) is 49.8 Å². The number of nitrogens with zero attached hydrogens (tertiary/aromatic N) is 1. The molecule has 0 aromatic rings. The van der Waals surface area contributed by atoms with Gasteiger partial charge in [-0.05, 0) is 57.5 Å². The first kappa shape index (κ1) is 15.3. The molecule has 2 aliphatic heterocycles. The lowest BCUT2D eigenvalue weighted by molar-refractivity contribution is 0.00421. The van der Waals surface area contributed by atoms with E-state index in [4.69, 9.17) is 4.74 Å². The van der Waals surface area contributed by atoms with Gasteiger partial charge in [0.25, 0.3) is 0 Å². The maximum Gasteiger partial charge on any atom is 0.0587 e. The highest BCUT2D eigenvalue weighted by molar-refractivity contribution is 4.76. The Balaban J connectivity index is 1.73. The first-order valence-electron chi connectivity index (χ1n) is 8.35. The minimum absolute atomic E-state index is 0.537. The molecule has 0 spiro atoms. The van der Waals surface area contributed by atoms with Crippen LogP contribution >= 0.6 is 0 Å². The molecular formula is C16H32N2O. The molecule has 0 bridgehead atoms. The molecule has 3 unspecified atom stereocenters. The van der Waals surface area contributed by atoms with Crippen molar-refractivity contribution in [1.29, 1.82) is 0 Å². The van der Waals surface area contributed by atoms with E-state index in [1.165, 1.54) is 64.7 Å². The lowest BCUT2D eigenvalue weighted by Crippen LogP contribution is -2.44. The van der Waals surface area contributed by atoms with E-state index in [2.05, 4.69) is 24.1 Å². The highest BCUT2D eigenvalue weighted by atomic mass is 16.5. The van der Waals surface area contributed by atoms with Gasteiger partial charge in [0.1, 0.15) is 0 Å². The molecule has 3 heteroatoms. The summed E-state index contributed by atoms with van der Waals surface area (Å²) in [5, 5.41) is 3.70. The van der Waals surface area contributed by atoms with E-state index in [1.807, 2.05) is 0 Å². The molecule has 1 N–H and O–H groups in total. The Morgan fingerprint density at radius 1 is 1.26 bits per heavy atom. The van der Waals surface area contributed by atoms with Gasteiger partial charge in [-0.3, -0.25) is 0 Å². The zero-order valence-electron chi connectivity index (χ0n) is 12.9. The van der Waals surface area contributed by atoms with Crippen LogP contribution in [-0.2, 0) is 4.74 Å². The van der Waals surface area contributed by atoms with Crippen LogP contribution in [0.1, 0.15) is 52.4 Å². The Morgan fingerprint density at radius 3 is 2.89 bits per heavy atom. The largest absolute Gasteiger partial charge is 0.378 e. The van der Waals surface area contributed by atoms with Crippen molar-refractivity contribution in [2.45, 2.75) is 64.5 Å².